The van der Waals surface area contributed by atoms with Gasteiger partial charge in [-0.15, -0.1) is 11.3 Å². The second kappa shape index (κ2) is 2.79. The largest absolute Gasteiger partial charge is 0.398 e. The molecule has 0 saturated carbocycles. The molecule has 1 aromatic heterocycles. The lowest BCUT2D eigenvalue weighted by Crippen LogP contribution is -2.17. The van der Waals surface area contributed by atoms with E-state index in [1.807, 2.05) is 11.4 Å². The number of anilines is 1. The summed E-state index contributed by atoms with van der Waals surface area (Å²) in [6.07, 6.45) is 0.879. The maximum Gasteiger partial charge on any atom is 0.228 e. The predicted octanol–water partition coefficient (Wildman–Crippen LogP) is 0.934. The Morgan fingerprint density at radius 2 is 2.50 bits per heavy atom. The third-order valence-corrected chi connectivity index (χ3v) is 3.14. The fraction of sp³-hybridized carbons (Fsp3) is 0.375. The van der Waals surface area contributed by atoms with Crippen LogP contribution in [0.5, 0.6) is 0 Å². The highest BCUT2D eigenvalue weighted by atomic mass is 32.1. The van der Waals surface area contributed by atoms with Crippen LogP contribution in [-0.4, -0.2) is 12.5 Å². The van der Waals surface area contributed by atoms with E-state index in [0.717, 1.165) is 23.5 Å². The summed E-state index contributed by atoms with van der Waals surface area (Å²) >= 11 is 1.56. The van der Waals surface area contributed by atoms with Crippen LogP contribution in [0.25, 0.3) is 0 Å². The lowest BCUT2D eigenvalue weighted by Gasteiger charge is -2.03. The van der Waals surface area contributed by atoms with Gasteiger partial charge in [0.1, 0.15) is 0 Å². The molecule has 12 heavy (non-hydrogen) atoms. The zero-order valence-corrected chi connectivity index (χ0v) is 7.36. The molecule has 0 aromatic carbocycles. The molecule has 1 unspecified atom stereocenters. The van der Waals surface area contributed by atoms with E-state index in [9.17, 15) is 4.79 Å². The standard InChI is InChI=1S/C8H10N2OS/c9-6-2-4-12-7(6)5-1-3-10-8(5)11/h2,4-5H,1,3,9H2,(H,10,11). The first kappa shape index (κ1) is 7.61. The van der Waals surface area contributed by atoms with Crippen LogP contribution in [0.4, 0.5) is 5.69 Å². The van der Waals surface area contributed by atoms with E-state index in [4.69, 9.17) is 5.73 Å². The van der Waals surface area contributed by atoms with Crippen LogP contribution in [0.2, 0.25) is 0 Å². The molecule has 1 saturated heterocycles. The molecule has 0 spiro atoms. The van der Waals surface area contributed by atoms with Crippen molar-refractivity contribution >= 4 is 22.9 Å². The summed E-state index contributed by atoms with van der Waals surface area (Å²) in [5, 5.41) is 4.72. The smallest absolute Gasteiger partial charge is 0.228 e. The summed E-state index contributed by atoms with van der Waals surface area (Å²) in [6, 6.07) is 1.85. The van der Waals surface area contributed by atoms with Gasteiger partial charge in [-0.2, -0.15) is 0 Å². The highest BCUT2D eigenvalue weighted by Gasteiger charge is 2.27. The number of nitrogen functional groups attached to an aromatic ring is 1. The van der Waals surface area contributed by atoms with Gasteiger partial charge in [0.15, 0.2) is 0 Å². The predicted molar refractivity (Wildman–Crippen MR) is 49.1 cm³/mol. The monoisotopic (exact) mass is 182 g/mol. The van der Waals surface area contributed by atoms with Crippen molar-refractivity contribution < 1.29 is 4.79 Å². The Bertz CT molecular complexity index is 308. The van der Waals surface area contributed by atoms with Crippen molar-refractivity contribution in [2.45, 2.75) is 12.3 Å². The molecule has 3 N–H and O–H groups in total. The summed E-state index contributed by atoms with van der Waals surface area (Å²) in [4.78, 5) is 12.3. The van der Waals surface area contributed by atoms with Crippen LogP contribution in [-0.2, 0) is 4.79 Å². The molecule has 1 amide bonds. The summed E-state index contributed by atoms with van der Waals surface area (Å²) < 4.78 is 0. The first-order chi connectivity index (χ1) is 5.79. The van der Waals surface area contributed by atoms with Gasteiger partial charge in [0.05, 0.1) is 5.92 Å². The van der Waals surface area contributed by atoms with Gasteiger partial charge < -0.3 is 11.1 Å². The van der Waals surface area contributed by atoms with Gasteiger partial charge in [-0.25, -0.2) is 0 Å². The lowest BCUT2D eigenvalue weighted by molar-refractivity contribution is -0.120. The van der Waals surface area contributed by atoms with Gasteiger partial charge in [-0.05, 0) is 17.9 Å². The van der Waals surface area contributed by atoms with E-state index in [1.165, 1.54) is 0 Å². The number of amides is 1. The molecular formula is C8H10N2OS. The first-order valence-electron chi connectivity index (χ1n) is 3.89. The SMILES string of the molecule is Nc1ccsc1C1CCNC1=O. The molecule has 2 heterocycles. The number of nitrogens with one attached hydrogen (secondary N) is 1. The summed E-state index contributed by atoms with van der Waals surface area (Å²) in [7, 11) is 0. The van der Waals surface area contributed by atoms with Crippen LogP contribution >= 0.6 is 11.3 Å². The zero-order valence-electron chi connectivity index (χ0n) is 6.54. The van der Waals surface area contributed by atoms with Crippen molar-refractivity contribution in [2.24, 2.45) is 0 Å². The van der Waals surface area contributed by atoms with E-state index in [1.54, 1.807) is 11.3 Å². The Balaban J connectivity index is 2.30. The Labute approximate surface area is 74.6 Å². The molecule has 0 radical (unpaired) electrons. The van der Waals surface area contributed by atoms with Crippen LogP contribution in [0.3, 0.4) is 0 Å². The zero-order chi connectivity index (χ0) is 8.55. The summed E-state index contributed by atoms with van der Waals surface area (Å²) in [5.74, 6) is 0.120. The Hall–Kier alpha value is -1.03. The number of nitrogens with two attached hydrogens (primary N) is 1. The minimum absolute atomic E-state index is 0.00463. The molecule has 4 heteroatoms. The maximum atomic E-state index is 11.3. The van der Waals surface area contributed by atoms with Crippen molar-refractivity contribution in [3.8, 4) is 0 Å². The van der Waals surface area contributed by atoms with Crippen molar-refractivity contribution in [3.63, 3.8) is 0 Å². The molecule has 1 aromatic rings. The number of carbonyl (C=O) groups is 1. The lowest BCUT2D eigenvalue weighted by atomic mass is 10.1. The topological polar surface area (TPSA) is 55.1 Å². The maximum absolute atomic E-state index is 11.3. The van der Waals surface area contributed by atoms with E-state index in [2.05, 4.69) is 5.32 Å². The van der Waals surface area contributed by atoms with E-state index in [0.29, 0.717) is 0 Å². The average Bonchev–Trinajstić information content (AvgIpc) is 2.59. The third-order valence-electron chi connectivity index (χ3n) is 2.09. The number of thiophene rings is 1. The van der Waals surface area contributed by atoms with Crippen molar-refractivity contribution in [1.29, 1.82) is 0 Å². The van der Waals surface area contributed by atoms with Gasteiger partial charge in [-0.1, -0.05) is 0 Å². The van der Waals surface area contributed by atoms with Crippen LogP contribution in [0, 0.1) is 0 Å². The number of carbonyl (C=O) groups excluding carboxylic acids is 1. The third kappa shape index (κ3) is 1.08. The molecule has 3 nitrogen and oxygen atoms in total. The number of hydrogen-bond donors (Lipinski definition) is 2. The molecule has 1 atom stereocenters. The van der Waals surface area contributed by atoms with Gasteiger partial charge >= 0.3 is 0 Å². The van der Waals surface area contributed by atoms with Gasteiger partial charge in [-0.3, -0.25) is 4.79 Å². The molecule has 2 rings (SSSR count). The Morgan fingerprint density at radius 3 is 3.00 bits per heavy atom. The van der Waals surface area contributed by atoms with Gasteiger partial charge in [0.2, 0.25) is 5.91 Å². The fourth-order valence-electron chi connectivity index (χ4n) is 1.46. The Kier molecular flexibility index (Phi) is 1.77. The molecule has 1 aliphatic rings. The molecule has 1 fully saturated rings. The average molecular weight is 182 g/mol. The quantitative estimate of drug-likeness (QED) is 0.679. The fourth-order valence-corrected chi connectivity index (χ4v) is 2.41. The van der Waals surface area contributed by atoms with E-state index < -0.39 is 0 Å². The van der Waals surface area contributed by atoms with E-state index >= 15 is 0 Å². The van der Waals surface area contributed by atoms with Gasteiger partial charge in [0, 0.05) is 17.1 Å². The molecule has 0 bridgehead atoms. The van der Waals surface area contributed by atoms with Crippen LogP contribution in [0.1, 0.15) is 17.2 Å². The van der Waals surface area contributed by atoms with Crippen molar-refractivity contribution in [1.82, 2.24) is 5.32 Å². The van der Waals surface area contributed by atoms with Crippen molar-refractivity contribution in [3.05, 3.63) is 16.3 Å². The molecule has 1 aliphatic heterocycles. The van der Waals surface area contributed by atoms with Crippen molar-refractivity contribution in [2.75, 3.05) is 12.3 Å². The molecule has 0 aliphatic carbocycles. The van der Waals surface area contributed by atoms with Gasteiger partial charge in [0.25, 0.3) is 0 Å². The number of hydrogen-bond acceptors (Lipinski definition) is 3. The summed E-state index contributed by atoms with van der Waals surface area (Å²) in [5.41, 5.74) is 6.46. The minimum atomic E-state index is 0.00463. The normalized spacial score (nSPS) is 22.7. The molecular weight excluding hydrogens is 172 g/mol. The second-order valence-electron chi connectivity index (χ2n) is 2.87. The molecule has 64 valence electrons. The first-order valence-corrected chi connectivity index (χ1v) is 4.77. The highest BCUT2D eigenvalue weighted by Crippen LogP contribution is 2.32. The van der Waals surface area contributed by atoms with Crippen LogP contribution in [0.15, 0.2) is 11.4 Å². The van der Waals surface area contributed by atoms with Crippen LogP contribution < -0.4 is 11.1 Å². The minimum Gasteiger partial charge on any atom is -0.398 e. The highest BCUT2D eigenvalue weighted by molar-refractivity contribution is 7.10. The second-order valence-corrected chi connectivity index (χ2v) is 3.82. The summed E-state index contributed by atoms with van der Waals surface area (Å²) in [6.45, 7) is 0.779. The van der Waals surface area contributed by atoms with E-state index in [-0.39, 0.29) is 11.8 Å². The Morgan fingerprint density at radius 1 is 1.67 bits per heavy atom. The number of rotatable bonds is 1.